The second kappa shape index (κ2) is 9.11. The van der Waals surface area contributed by atoms with Gasteiger partial charge in [-0.05, 0) is 31.2 Å². The van der Waals surface area contributed by atoms with Gasteiger partial charge in [0.15, 0.2) is 0 Å². The van der Waals surface area contributed by atoms with Crippen LogP contribution in [0.5, 0.6) is 0 Å². The minimum atomic E-state index is -3.44. The van der Waals surface area contributed by atoms with E-state index >= 15 is 0 Å². The Morgan fingerprint density at radius 1 is 1.17 bits per heavy atom. The molecule has 0 bridgehead atoms. The van der Waals surface area contributed by atoms with E-state index in [2.05, 4.69) is 10.9 Å². The van der Waals surface area contributed by atoms with E-state index in [0.29, 0.717) is 5.02 Å². The lowest BCUT2D eigenvalue weighted by molar-refractivity contribution is -0.127. The van der Waals surface area contributed by atoms with Gasteiger partial charge in [-0.2, -0.15) is 4.31 Å². The Morgan fingerprint density at radius 3 is 2.30 bits per heavy atom. The summed E-state index contributed by atoms with van der Waals surface area (Å²) in [5, 5.41) is 0.609. The zero-order chi connectivity index (χ0) is 17.5. The van der Waals surface area contributed by atoms with E-state index in [1.807, 2.05) is 0 Å². The first kappa shape index (κ1) is 19.8. The van der Waals surface area contributed by atoms with E-state index in [4.69, 9.17) is 11.6 Å². The fourth-order valence-corrected chi connectivity index (χ4v) is 2.99. The van der Waals surface area contributed by atoms with E-state index in [9.17, 15) is 18.0 Å². The summed E-state index contributed by atoms with van der Waals surface area (Å²) in [6.07, 6.45) is 0. The predicted octanol–water partition coefficient (Wildman–Crippen LogP) is 0.861. The molecule has 0 aliphatic carbocycles. The second-order valence-corrected chi connectivity index (χ2v) is 8.35. The number of rotatable bonds is 7. The van der Waals surface area contributed by atoms with Crippen LogP contribution in [-0.2, 0) is 19.6 Å². The van der Waals surface area contributed by atoms with Crippen molar-refractivity contribution in [2.75, 3.05) is 25.1 Å². The number of hydrogen-bond acceptors (Lipinski definition) is 5. The van der Waals surface area contributed by atoms with Crippen LogP contribution in [0.2, 0.25) is 5.02 Å². The molecule has 0 aliphatic rings. The summed E-state index contributed by atoms with van der Waals surface area (Å²) in [5.41, 5.74) is 4.41. The SMILES string of the molecule is CCS(=O)(=O)N(C)CC(=O)NNC(=O)CSc1ccc(Cl)cc1. The van der Waals surface area contributed by atoms with Gasteiger partial charge in [-0.25, -0.2) is 8.42 Å². The number of likely N-dealkylation sites (N-methyl/N-ethyl adjacent to an activating group) is 1. The predicted molar refractivity (Wildman–Crippen MR) is 90.6 cm³/mol. The molecule has 0 aromatic heterocycles. The van der Waals surface area contributed by atoms with Crippen molar-refractivity contribution in [1.29, 1.82) is 0 Å². The van der Waals surface area contributed by atoms with Gasteiger partial charge < -0.3 is 0 Å². The average molecular weight is 380 g/mol. The Hall–Kier alpha value is -1.29. The molecule has 0 heterocycles. The first-order valence-corrected chi connectivity index (χ1v) is 9.62. The Balaban J connectivity index is 2.32. The fourth-order valence-electron chi connectivity index (χ4n) is 1.42. The smallest absolute Gasteiger partial charge is 0.253 e. The monoisotopic (exact) mass is 379 g/mol. The van der Waals surface area contributed by atoms with E-state index in [1.54, 1.807) is 24.3 Å². The molecule has 0 spiro atoms. The van der Waals surface area contributed by atoms with Crippen LogP contribution in [0.4, 0.5) is 0 Å². The molecular weight excluding hydrogens is 362 g/mol. The van der Waals surface area contributed by atoms with Crippen LogP contribution in [0.3, 0.4) is 0 Å². The first-order valence-electron chi connectivity index (χ1n) is 6.64. The maximum absolute atomic E-state index is 11.6. The largest absolute Gasteiger partial charge is 0.272 e. The number of sulfonamides is 1. The number of hydrazine groups is 1. The highest BCUT2D eigenvalue weighted by Gasteiger charge is 2.18. The molecular formula is C13H18ClN3O4S2. The molecule has 23 heavy (non-hydrogen) atoms. The lowest BCUT2D eigenvalue weighted by atomic mass is 10.4. The van der Waals surface area contributed by atoms with E-state index in [0.717, 1.165) is 9.20 Å². The third-order valence-corrected chi connectivity index (χ3v) is 5.80. The molecule has 7 nitrogen and oxygen atoms in total. The summed E-state index contributed by atoms with van der Waals surface area (Å²) >= 11 is 7.04. The first-order chi connectivity index (χ1) is 10.7. The van der Waals surface area contributed by atoms with Crippen LogP contribution in [0.15, 0.2) is 29.2 Å². The van der Waals surface area contributed by atoms with Gasteiger partial charge in [0.05, 0.1) is 18.1 Å². The van der Waals surface area contributed by atoms with Crippen LogP contribution >= 0.6 is 23.4 Å². The van der Waals surface area contributed by atoms with Crippen molar-refractivity contribution in [3.63, 3.8) is 0 Å². The summed E-state index contributed by atoms with van der Waals surface area (Å²) in [6, 6.07) is 6.99. The maximum Gasteiger partial charge on any atom is 0.253 e. The number of thioether (sulfide) groups is 1. The maximum atomic E-state index is 11.6. The molecule has 2 N–H and O–H groups in total. The van der Waals surface area contributed by atoms with Crippen molar-refractivity contribution in [3.05, 3.63) is 29.3 Å². The number of hydrogen-bond donors (Lipinski definition) is 2. The average Bonchev–Trinajstić information content (AvgIpc) is 2.52. The van der Waals surface area contributed by atoms with Crippen LogP contribution in [0.25, 0.3) is 0 Å². The molecule has 0 saturated carbocycles. The van der Waals surface area contributed by atoms with E-state index in [1.165, 1.54) is 25.7 Å². The molecule has 128 valence electrons. The standard InChI is InChI=1S/C13H18ClN3O4S2/c1-3-23(20,21)17(2)8-12(18)15-16-13(19)9-22-11-6-4-10(14)5-7-11/h4-7H,3,8-9H2,1-2H3,(H,15,18)(H,16,19). The minimum Gasteiger partial charge on any atom is -0.272 e. The zero-order valence-electron chi connectivity index (χ0n) is 12.7. The van der Waals surface area contributed by atoms with Crippen molar-refractivity contribution in [3.8, 4) is 0 Å². The second-order valence-electron chi connectivity index (χ2n) is 4.50. The van der Waals surface area contributed by atoms with Gasteiger partial charge in [0, 0.05) is 17.0 Å². The number of nitrogens with zero attached hydrogens (tertiary/aromatic N) is 1. The van der Waals surface area contributed by atoms with E-state index < -0.39 is 21.8 Å². The highest BCUT2D eigenvalue weighted by Crippen LogP contribution is 2.19. The van der Waals surface area contributed by atoms with Gasteiger partial charge in [0.25, 0.3) is 5.91 Å². The van der Waals surface area contributed by atoms with Crippen molar-refractivity contribution in [2.24, 2.45) is 0 Å². The van der Waals surface area contributed by atoms with E-state index in [-0.39, 0.29) is 18.1 Å². The molecule has 2 amide bonds. The Labute approximate surface area is 144 Å². The summed E-state index contributed by atoms with van der Waals surface area (Å²) in [5.74, 6) is -1.01. The number of amides is 2. The molecule has 0 radical (unpaired) electrons. The Bertz CT molecular complexity index is 650. The molecule has 0 fully saturated rings. The number of nitrogens with one attached hydrogen (secondary N) is 2. The lowest BCUT2D eigenvalue weighted by Crippen LogP contribution is -2.47. The van der Waals surface area contributed by atoms with Gasteiger partial charge in [-0.1, -0.05) is 11.6 Å². The number of carbonyl (C=O) groups excluding carboxylic acids is 2. The third-order valence-electron chi connectivity index (χ3n) is 2.73. The molecule has 0 aliphatic heterocycles. The van der Waals surface area contributed by atoms with Crippen molar-refractivity contribution in [2.45, 2.75) is 11.8 Å². The van der Waals surface area contributed by atoms with Gasteiger partial charge >= 0.3 is 0 Å². The lowest BCUT2D eigenvalue weighted by Gasteiger charge is -2.15. The Morgan fingerprint density at radius 2 is 1.74 bits per heavy atom. The Kier molecular flexibility index (Phi) is 7.83. The van der Waals surface area contributed by atoms with Gasteiger partial charge in [-0.15, -0.1) is 11.8 Å². The highest BCUT2D eigenvalue weighted by molar-refractivity contribution is 8.00. The molecule has 0 atom stereocenters. The molecule has 1 rings (SSSR count). The third kappa shape index (κ3) is 7.21. The normalized spacial score (nSPS) is 11.3. The number of halogens is 1. The molecule has 1 aromatic carbocycles. The van der Waals surface area contributed by atoms with Crippen LogP contribution < -0.4 is 10.9 Å². The number of carbonyl (C=O) groups is 2. The summed E-state index contributed by atoms with van der Waals surface area (Å²) in [4.78, 5) is 24.1. The fraction of sp³-hybridized carbons (Fsp3) is 0.385. The van der Waals surface area contributed by atoms with Crippen LogP contribution in [-0.4, -0.2) is 49.6 Å². The molecule has 0 unspecified atom stereocenters. The highest BCUT2D eigenvalue weighted by atomic mass is 35.5. The number of benzene rings is 1. The molecule has 0 saturated heterocycles. The van der Waals surface area contributed by atoms with Gasteiger partial charge in [-0.3, -0.25) is 20.4 Å². The van der Waals surface area contributed by atoms with Gasteiger partial charge in [0.1, 0.15) is 0 Å². The van der Waals surface area contributed by atoms with Crippen LogP contribution in [0, 0.1) is 0 Å². The van der Waals surface area contributed by atoms with Crippen molar-refractivity contribution >= 4 is 45.2 Å². The van der Waals surface area contributed by atoms with Gasteiger partial charge in [0.2, 0.25) is 15.9 Å². The summed E-state index contributed by atoms with van der Waals surface area (Å²) < 4.78 is 23.9. The minimum absolute atomic E-state index is 0.0964. The zero-order valence-corrected chi connectivity index (χ0v) is 15.1. The topological polar surface area (TPSA) is 95.6 Å². The van der Waals surface area contributed by atoms with Crippen molar-refractivity contribution in [1.82, 2.24) is 15.2 Å². The summed E-state index contributed by atoms with van der Waals surface area (Å²) in [7, 11) is -2.13. The summed E-state index contributed by atoms with van der Waals surface area (Å²) in [6.45, 7) is 1.13. The quantitative estimate of drug-likeness (QED) is 0.541. The van der Waals surface area contributed by atoms with Crippen LogP contribution in [0.1, 0.15) is 6.92 Å². The molecule has 1 aromatic rings. The van der Waals surface area contributed by atoms with Crippen molar-refractivity contribution < 1.29 is 18.0 Å². The molecule has 10 heteroatoms.